The number of pyridine rings is 1. The molecule has 0 spiro atoms. The molecule has 0 aliphatic carbocycles. The number of thioether (sulfide) groups is 1. The smallest absolute Gasteiger partial charge is 0.303 e. The molecule has 33 heavy (non-hydrogen) atoms. The highest BCUT2D eigenvalue weighted by atomic mass is 32.2. The maximum Gasteiger partial charge on any atom is 0.303 e. The van der Waals surface area contributed by atoms with Crippen molar-refractivity contribution in [3.05, 3.63) is 42.7 Å². The van der Waals surface area contributed by atoms with Crippen LogP contribution in [0.5, 0.6) is 11.5 Å². The lowest BCUT2D eigenvalue weighted by Gasteiger charge is -2.40. The molecule has 0 unspecified atom stereocenters. The summed E-state index contributed by atoms with van der Waals surface area (Å²) in [5.41, 5.74) is 0.889. The molecule has 0 amide bonds. The van der Waals surface area contributed by atoms with Crippen molar-refractivity contribution in [2.75, 3.05) is 12.9 Å². The van der Waals surface area contributed by atoms with E-state index in [2.05, 4.69) is 4.98 Å². The zero-order valence-electron chi connectivity index (χ0n) is 18.7. The zero-order chi connectivity index (χ0) is 24.0. The predicted molar refractivity (Wildman–Crippen MR) is 120 cm³/mol. The number of carbonyl (C=O) groups excluding carboxylic acids is 3. The van der Waals surface area contributed by atoms with E-state index in [-0.39, 0.29) is 5.75 Å². The molecule has 0 bridgehead atoms. The summed E-state index contributed by atoms with van der Waals surface area (Å²) in [5.74, 6) is -0.277. The van der Waals surface area contributed by atoms with Crippen LogP contribution in [0.3, 0.4) is 0 Å². The molecule has 2 aromatic rings. The summed E-state index contributed by atoms with van der Waals surface area (Å²) >= 11 is 1.28. The summed E-state index contributed by atoms with van der Waals surface area (Å²) in [4.78, 5) is 39.3. The fourth-order valence-corrected chi connectivity index (χ4v) is 4.63. The fourth-order valence-electron chi connectivity index (χ4n) is 3.42. The number of rotatable bonds is 7. The highest BCUT2D eigenvalue weighted by molar-refractivity contribution is 7.99. The van der Waals surface area contributed by atoms with Gasteiger partial charge in [0.25, 0.3) is 0 Å². The first kappa shape index (κ1) is 24.4. The molecule has 1 aliphatic rings. The standard InChI is InChI=1S/C23H25NO8S/c1-13(25)29-20-12-33-23(22(31-15(3)27)21(20)30-14(2)26)32-19-11-24-10-9-18(19)16-5-7-17(28-4)8-6-16/h5-11,20-23H,12H2,1-4H3/t20-,21+,22-,23+/m1/s1. The van der Waals surface area contributed by atoms with Gasteiger partial charge in [0.1, 0.15) is 11.5 Å². The SMILES string of the molecule is COc1ccc(-c2ccncc2O[C@H]2SC[C@@H](OC(C)=O)[C@H](OC(C)=O)[C@H]2OC(C)=O)cc1. The normalized spacial score (nSPS) is 22.1. The second-order valence-electron chi connectivity index (χ2n) is 7.22. The lowest BCUT2D eigenvalue weighted by Crippen LogP contribution is -2.55. The number of hydrogen-bond acceptors (Lipinski definition) is 10. The minimum absolute atomic E-state index is 0.276. The van der Waals surface area contributed by atoms with E-state index >= 15 is 0 Å². The second kappa shape index (κ2) is 11.0. The second-order valence-corrected chi connectivity index (χ2v) is 8.35. The van der Waals surface area contributed by atoms with Gasteiger partial charge < -0.3 is 23.7 Å². The molecule has 1 aliphatic heterocycles. The number of hydrogen-bond donors (Lipinski definition) is 0. The van der Waals surface area contributed by atoms with Gasteiger partial charge in [0, 0.05) is 38.3 Å². The van der Waals surface area contributed by atoms with Gasteiger partial charge in [-0.1, -0.05) is 12.1 Å². The van der Waals surface area contributed by atoms with Crippen molar-refractivity contribution in [1.82, 2.24) is 4.98 Å². The number of nitrogens with zero attached hydrogens (tertiary/aromatic N) is 1. The Balaban J connectivity index is 1.92. The average molecular weight is 476 g/mol. The average Bonchev–Trinajstić information content (AvgIpc) is 2.77. The van der Waals surface area contributed by atoms with E-state index in [1.165, 1.54) is 32.5 Å². The number of ether oxygens (including phenoxy) is 5. The largest absolute Gasteiger partial charge is 0.497 e. The van der Waals surface area contributed by atoms with Crippen LogP contribution in [-0.2, 0) is 28.6 Å². The van der Waals surface area contributed by atoms with Crippen LogP contribution in [0.25, 0.3) is 11.1 Å². The molecule has 0 radical (unpaired) electrons. The molecule has 10 heteroatoms. The van der Waals surface area contributed by atoms with Crippen molar-refractivity contribution in [2.24, 2.45) is 0 Å². The molecule has 3 rings (SSSR count). The van der Waals surface area contributed by atoms with E-state index in [4.69, 9.17) is 23.7 Å². The first-order chi connectivity index (χ1) is 15.8. The Hall–Kier alpha value is -3.27. The van der Waals surface area contributed by atoms with Crippen LogP contribution in [0.2, 0.25) is 0 Å². The third kappa shape index (κ3) is 6.38. The third-order valence-corrected chi connectivity index (χ3v) is 5.95. The predicted octanol–water partition coefficient (Wildman–Crippen LogP) is 3.00. The molecule has 9 nitrogen and oxygen atoms in total. The minimum Gasteiger partial charge on any atom is -0.497 e. The van der Waals surface area contributed by atoms with Crippen LogP contribution < -0.4 is 9.47 Å². The number of carbonyl (C=O) groups is 3. The fraction of sp³-hybridized carbons (Fsp3) is 0.391. The van der Waals surface area contributed by atoms with Crippen molar-refractivity contribution in [3.63, 3.8) is 0 Å². The molecule has 1 aromatic heterocycles. The van der Waals surface area contributed by atoms with Crippen LogP contribution in [-0.4, -0.2) is 59.5 Å². The summed E-state index contributed by atoms with van der Waals surface area (Å²) in [6, 6.07) is 9.23. The van der Waals surface area contributed by atoms with Crippen LogP contribution in [0, 0.1) is 0 Å². The summed E-state index contributed by atoms with van der Waals surface area (Å²) in [6.45, 7) is 3.74. The molecule has 4 atom stereocenters. The molecule has 2 heterocycles. The molecule has 176 valence electrons. The Bertz CT molecular complexity index is 996. The highest BCUT2D eigenvalue weighted by Crippen LogP contribution is 2.37. The number of esters is 3. The van der Waals surface area contributed by atoms with Crippen molar-refractivity contribution in [2.45, 2.75) is 44.5 Å². The first-order valence-electron chi connectivity index (χ1n) is 10.2. The van der Waals surface area contributed by atoms with Gasteiger partial charge in [-0.05, 0) is 23.8 Å². The monoisotopic (exact) mass is 475 g/mol. The van der Waals surface area contributed by atoms with Gasteiger partial charge in [-0.3, -0.25) is 19.4 Å². The molecule has 0 saturated carbocycles. The minimum atomic E-state index is -1.03. The van der Waals surface area contributed by atoms with Crippen molar-refractivity contribution < 1.29 is 38.1 Å². The lowest BCUT2D eigenvalue weighted by atomic mass is 10.1. The van der Waals surface area contributed by atoms with Gasteiger partial charge in [0.2, 0.25) is 0 Å². The highest BCUT2D eigenvalue weighted by Gasteiger charge is 2.47. The summed E-state index contributed by atoms with van der Waals surface area (Å²) < 4.78 is 27.7. The van der Waals surface area contributed by atoms with Gasteiger partial charge in [-0.25, -0.2) is 0 Å². The van der Waals surface area contributed by atoms with Gasteiger partial charge in [-0.2, -0.15) is 0 Å². The van der Waals surface area contributed by atoms with Crippen molar-refractivity contribution in [1.29, 1.82) is 0 Å². The summed E-state index contributed by atoms with van der Waals surface area (Å²) in [5, 5.41) is 0. The van der Waals surface area contributed by atoms with E-state index in [0.717, 1.165) is 11.1 Å². The first-order valence-corrected chi connectivity index (χ1v) is 11.2. The van der Waals surface area contributed by atoms with Gasteiger partial charge in [-0.15, -0.1) is 11.8 Å². The van der Waals surface area contributed by atoms with E-state index < -0.39 is 41.7 Å². The Morgan fingerprint density at radius 1 is 0.909 bits per heavy atom. The zero-order valence-corrected chi connectivity index (χ0v) is 19.5. The molecule has 1 saturated heterocycles. The Kier molecular flexibility index (Phi) is 8.16. The van der Waals surface area contributed by atoms with Crippen molar-refractivity contribution >= 4 is 29.7 Å². The van der Waals surface area contributed by atoms with Crippen LogP contribution in [0.15, 0.2) is 42.7 Å². The van der Waals surface area contributed by atoms with E-state index in [1.54, 1.807) is 25.6 Å². The van der Waals surface area contributed by atoms with E-state index in [1.807, 2.05) is 24.3 Å². The molecular weight excluding hydrogens is 450 g/mol. The lowest BCUT2D eigenvalue weighted by molar-refractivity contribution is -0.186. The van der Waals surface area contributed by atoms with Crippen LogP contribution >= 0.6 is 11.8 Å². The van der Waals surface area contributed by atoms with Crippen LogP contribution in [0.1, 0.15) is 20.8 Å². The Labute approximate surface area is 195 Å². The quantitative estimate of drug-likeness (QED) is 0.438. The van der Waals surface area contributed by atoms with E-state index in [9.17, 15) is 14.4 Å². The third-order valence-electron chi connectivity index (χ3n) is 4.73. The van der Waals surface area contributed by atoms with E-state index in [0.29, 0.717) is 11.5 Å². The van der Waals surface area contributed by atoms with Crippen LogP contribution in [0.4, 0.5) is 0 Å². The molecule has 1 fully saturated rings. The molecule has 0 N–H and O–H groups in total. The number of aromatic nitrogens is 1. The maximum absolute atomic E-state index is 11.9. The van der Waals surface area contributed by atoms with Crippen molar-refractivity contribution in [3.8, 4) is 22.6 Å². The van der Waals surface area contributed by atoms with Gasteiger partial charge in [0.15, 0.2) is 23.7 Å². The maximum atomic E-state index is 11.9. The molecule has 1 aromatic carbocycles. The van der Waals surface area contributed by atoms with Gasteiger partial charge in [0.05, 0.1) is 13.3 Å². The number of benzene rings is 1. The Morgan fingerprint density at radius 3 is 2.15 bits per heavy atom. The van der Waals surface area contributed by atoms with Gasteiger partial charge >= 0.3 is 17.9 Å². The summed E-state index contributed by atoms with van der Waals surface area (Å²) in [6.07, 6.45) is 0.364. The molecular formula is C23H25NO8S. The number of methoxy groups -OCH3 is 1. The summed E-state index contributed by atoms with van der Waals surface area (Å²) in [7, 11) is 1.59. The topological polar surface area (TPSA) is 110 Å². The Morgan fingerprint density at radius 2 is 1.55 bits per heavy atom.